The van der Waals surface area contributed by atoms with Gasteiger partial charge < -0.3 is 10.2 Å². The molecule has 0 amide bonds. The molecule has 0 saturated heterocycles. The molecule has 0 spiro atoms. The lowest BCUT2D eigenvalue weighted by Gasteiger charge is -2.44. The van der Waals surface area contributed by atoms with Crippen LogP contribution in [0.5, 0.6) is 0 Å². The molecule has 0 aliphatic carbocycles. The normalized spacial score (nSPS) is 16.1. The second-order valence-corrected chi connectivity index (χ2v) is 12.9. The number of anilines is 3. The van der Waals surface area contributed by atoms with E-state index in [2.05, 4.69) is 168 Å². The van der Waals surface area contributed by atoms with Crippen LogP contribution in [0.2, 0.25) is 0 Å². The Hall–Kier alpha value is -4.82. The van der Waals surface area contributed by atoms with Gasteiger partial charge >= 0.3 is 0 Å². The predicted molar refractivity (Wildman–Crippen MR) is 197 cm³/mol. The zero-order chi connectivity index (χ0) is 32.2. The number of benzene rings is 4. The lowest BCUT2D eigenvalue weighted by atomic mass is 9.71. The van der Waals surface area contributed by atoms with E-state index in [9.17, 15) is 0 Å². The van der Waals surface area contributed by atoms with Gasteiger partial charge in [-0.2, -0.15) is 0 Å². The fraction of sp³-hybridized carbons (Fsp3) is 0.209. The molecule has 1 unspecified atom stereocenters. The summed E-state index contributed by atoms with van der Waals surface area (Å²) in [5.41, 5.74) is 11.7. The summed E-state index contributed by atoms with van der Waals surface area (Å²) < 4.78 is 0. The minimum absolute atomic E-state index is 0.0624. The first kappa shape index (κ1) is 31.6. The van der Waals surface area contributed by atoms with Crippen LogP contribution >= 0.6 is 0 Å². The maximum absolute atomic E-state index is 4.14. The molecule has 1 aliphatic rings. The van der Waals surface area contributed by atoms with Crippen molar-refractivity contribution in [1.82, 2.24) is 0 Å². The monoisotopic (exact) mass is 590 g/mol. The van der Waals surface area contributed by atoms with Gasteiger partial charge in [0.1, 0.15) is 0 Å². The van der Waals surface area contributed by atoms with Gasteiger partial charge in [-0.05, 0) is 96.0 Å². The molecule has 1 aliphatic heterocycles. The van der Waals surface area contributed by atoms with E-state index < -0.39 is 0 Å². The van der Waals surface area contributed by atoms with Gasteiger partial charge in [0.2, 0.25) is 0 Å². The van der Waals surface area contributed by atoms with Gasteiger partial charge in [0.15, 0.2) is 0 Å². The van der Waals surface area contributed by atoms with E-state index in [0.29, 0.717) is 5.92 Å². The number of hydrogen-bond donors (Lipinski definition) is 1. The number of hydrogen-bond acceptors (Lipinski definition) is 2. The van der Waals surface area contributed by atoms with Crippen molar-refractivity contribution < 1.29 is 0 Å². The molecular weight excluding hydrogens is 544 g/mol. The van der Waals surface area contributed by atoms with E-state index in [1.165, 1.54) is 33.4 Å². The lowest BCUT2D eigenvalue weighted by Crippen LogP contribution is -2.48. The third-order valence-electron chi connectivity index (χ3n) is 9.77. The van der Waals surface area contributed by atoms with Crippen LogP contribution in [0, 0.1) is 5.41 Å². The Morgan fingerprint density at radius 1 is 0.711 bits per heavy atom. The van der Waals surface area contributed by atoms with Crippen LogP contribution in [0.4, 0.5) is 17.1 Å². The Kier molecular flexibility index (Phi) is 9.16. The maximum atomic E-state index is 4.14. The van der Waals surface area contributed by atoms with Crippen molar-refractivity contribution in [1.29, 1.82) is 0 Å². The van der Waals surface area contributed by atoms with Crippen LogP contribution in [0.15, 0.2) is 158 Å². The minimum atomic E-state index is -0.126. The summed E-state index contributed by atoms with van der Waals surface area (Å²) >= 11 is 0. The number of allylic oxidation sites excluding steroid dienone is 5. The summed E-state index contributed by atoms with van der Waals surface area (Å²) in [5, 5.41) is 3.64. The molecule has 0 aromatic heterocycles. The first-order valence-electron chi connectivity index (χ1n) is 15.9. The standard InChI is InChI=1S/C43H46N2/c1-9-12-13-16-31(4)38-17-14-15-18-40(38)44-36-27-23-34(24-28-36)32-19-21-33(22-20-32)35-25-29-37(30-26-35)45-41(11-3)39(10-2)42(5,6)43(45,7)8/h9-15,17-31,44H,1-3,16H2,4-8H3/b13-12-. The summed E-state index contributed by atoms with van der Waals surface area (Å²) in [6.45, 7) is 23.5. The average molecular weight is 591 g/mol. The van der Waals surface area contributed by atoms with Crippen molar-refractivity contribution in [3.05, 3.63) is 164 Å². The van der Waals surface area contributed by atoms with E-state index in [4.69, 9.17) is 0 Å². The Morgan fingerprint density at radius 3 is 1.78 bits per heavy atom. The van der Waals surface area contributed by atoms with Gasteiger partial charge in [-0.25, -0.2) is 0 Å². The minimum Gasteiger partial charge on any atom is -0.355 e. The highest BCUT2D eigenvalue weighted by Gasteiger charge is 2.51. The first-order valence-corrected chi connectivity index (χ1v) is 15.9. The summed E-state index contributed by atoms with van der Waals surface area (Å²) in [5.74, 6) is 0.407. The second kappa shape index (κ2) is 13.0. The van der Waals surface area contributed by atoms with Crippen molar-refractivity contribution in [2.75, 3.05) is 10.2 Å². The third kappa shape index (κ3) is 6.11. The van der Waals surface area contributed by atoms with Crippen molar-refractivity contribution in [3.8, 4) is 22.3 Å². The van der Waals surface area contributed by atoms with Gasteiger partial charge in [0.25, 0.3) is 0 Å². The van der Waals surface area contributed by atoms with E-state index in [1.807, 2.05) is 24.3 Å². The van der Waals surface area contributed by atoms with Crippen LogP contribution in [0.3, 0.4) is 0 Å². The predicted octanol–water partition coefficient (Wildman–Crippen LogP) is 12.3. The van der Waals surface area contributed by atoms with Crippen LogP contribution < -0.4 is 10.2 Å². The number of para-hydroxylation sites is 1. The van der Waals surface area contributed by atoms with E-state index in [1.54, 1.807) is 0 Å². The smallest absolute Gasteiger partial charge is 0.0487 e. The molecule has 1 heterocycles. The maximum Gasteiger partial charge on any atom is 0.0487 e. The highest BCUT2D eigenvalue weighted by atomic mass is 15.2. The molecule has 228 valence electrons. The Morgan fingerprint density at radius 2 is 1.24 bits per heavy atom. The molecule has 0 radical (unpaired) electrons. The van der Waals surface area contributed by atoms with E-state index in [-0.39, 0.29) is 11.0 Å². The molecule has 4 aromatic rings. The van der Waals surface area contributed by atoms with Gasteiger partial charge in [0.05, 0.1) is 0 Å². The molecule has 1 atom stereocenters. The topological polar surface area (TPSA) is 15.3 Å². The third-order valence-corrected chi connectivity index (χ3v) is 9.77. The van der Waals surface area contributed by atoms with E-state index >= 15 is 0 Å². The Bertz CT molecular complexity index is 1730. The number of rotatable bonds is 11. The molecule has 0 fully saturated rings. The van der Waals surface area contributed by atoms with Crippen molar-refractivity contribution in [3.63, 3.8) is 0 Å². The zero-order valence-corrected chi connectivity index (χ0v) is 27.5. The molecule has 0 saturated carbocycles. The van der Waals surface area contributed by atoms with Gasteiger partial charge in [0, 0.05) is 33.7 Å². The first-order chi connectivity index (χ1) is 21.6. The Balaban J connectivity index is 1.30. The van der Waals surface area contributed by atoms with Crippen molar-refractivity contribution in [2.24, 2.45) is 5.41 Å². The molecule has 4 aromatic carbocycles. The molecular formula is C43H46N2. The highest BCUT2D eigenvalue weighted by molar-refractivity contribution is 5.75. The quantitative estimate of drug-likeness (QED) is 0.175. The average Bonchev–Trinajstić information content (AvgIpc) is 3.21. The summed E-state index contributed by atoms with van der Waals surface area (Å²) in [6, 6.07) is 35.0. The lowest BCUT2D eigenvalue weighted by molar-refractivity contribution is 0.279. The van der Waals surface area contributed by atoms with Gasteiger partial charge in [-0.1, -0.05) is 132 Å². The largest absolute Gasteiger partial charge is 0.355 e. The Labute approximate surface area is 270 Å². The number of nitrogens with zero attached hydrogens (tertiary/aromatic N) is 1. The van der Waals surface area contributed by atoms with Crippen molar-refractivity contribution in [2.45, 2.75) is 52.5 Å². The van der Waals surface area contributed by atoms with Gasteiger partial charge in [-0.15, -0.1) is 0 Å². The summed E-state index contributed by atoms with van der Waals surface area (Å²) in [7, 11) is 0. The molecule has 2 nitrogen and oxygen atoms in total. The fourth-order valence-corrected chi connectivity index (χ4v) is 6.48. The molecule has 5 rings (SSSR count). The zero-order valence-electron chi connectivity index (χ0n) is 27.5. The molecule has 2 heteroatoms. The fourth-order valence-electron chi connectivity index (χ4n) is 6.48. The van der Waals surface area contributed by atoms with E-state index in [0.717, 1.165) is 29.2 Å². The molecule has 1 N–H and O–H groups in total. The summed E-state index contributed by atoms with van der Waals surface area (Å²) in [6.07, 6.45) is 10.9. The van der Waals surface area contributed by atoms with Crippen LogP contribution in [-0.2, 0) is 0 Å². The van der Waals surface area contributed by atoms with Crippen LogP contribution in [0.1, 0.15) is 52.5 Å². The summed E-state index contributed by atoms with van der Waals surface area (Å²) in [4.78, 5) is 2.41. The molecule has 0 bridgehead atoms. The number of nitrogens with one attached hydrogen (secondary N) is 1. The molecule has 45 heavy (non-hydrogen) atoms. The SMILES string of the molecule is C=C/C=C\CC(C)c1ccccc1Nc1ccc(-c2ccc(-c3ccc(N4C(C=C)=C(C=C)C(C)(C)C4(C)C)cc3)cc2)cc1. The second-order valence-electron chi connectivity index (χ2n) is 12.9. The van der Waals surface area contributed by atoms with Crippen molar-refractivity contribution >= 4 is 17.1 Å². The van der Waals surface area contributed by atoms with Crippen LogP contribution in [-0.4, -0.2) is 5.54 Å². The van der Waals surface area contributed by atoms with Crippen LogP contribution in [0.25, 0.3) is 22.3 Å². The highest BCUT2D eigenvalue weighted by Crippen LogP contribution is 2.53. The van der Waals surface area contributed by atoms with Gasteiger partial charge in [-0.3, -0.25) is 0 Å².